The van der Waals surface area contributed by atoms with Crippen LogP contribution >= 0.6 is 0 Å². The van der Waals surface area contributed by atoms with Crippen molar-refractivity contribution >= 4 is 0 Å². The van der Waals surface area contributed by atoms with Gasteiger partial charge < -0.3 is 5.73 Å². The van der Waals surface area contributed by atoms with Crippen molar-refractivity contribution in [2.45, 2.75) is 25.4 Å². The molecule has 0 radical (unpaired) electrons. The molecule has 1 rings (SSSR count). The second-order valence-corrected chi connectivity index (χ2v) is 3.74. The standard InChI is InChI=1S/C11H15F2N/c1-11(13,8-14)7-6-9-2-4-10(12)5-3-9/h2-5H,6-8,14H2,1H3. The Morgan fingerprint density at radius 1 is 1.29 bits per heavy atom. The van der Waals surface area contributed by atoms with E-state index in [1.54, 1.807) is 12.1 Å². The Hall–Kier alpha value is -0.960. The van der Waals surface area contributed by atoms with Crippen LogP contribution < -0.4 is 5.73 Å². The van der Waals surface area contributed by atoms with E-state index in [0.29, 0.717) is 12.8 Å². The van der Waals surface area contributed by atoms with Gasteiger partial charge in [0.15, 0.2) is 0 Å². The van der Waals surface area contributed by atoms with Crippen LogP contribution in [0, 0.1) is 5.82 Å². The summed E-state index contributed by atoms with van der Waals surface area (Å²) in [5.41, 5.74) is 4.87. The minimum Gasteiger partial charge on any atom is -0.328 e. The number of hydrogen-bond acceptors (Lipinski definition) is 1. The lowest BCUT2D eigenvalue weighted by Crippen LogP contribution is -2.29. The van der Waals surface area contributed by atoms with Crippen LogP contribution in [0.4, 0.5) is 8.78 Å². The predicted octanol–water partition coefficient (Wildman–Crippen LogP) is 2.45. The quantitative estimate of drug-likeness (QED) is 0.792. The van der Waals surface area contributed by atoms with Crippen molar-refractivity contribution in [2.75, 3.05) is 6.54 Å². The van der Waals surface area contributed by atoms with Crippen LogP contribution in [0.3, 0.4) is 0 Å². The summed E-state index contributed by atoms with van der Waals surface area (Å²) in [5, 5.41) is 0. The molecule has 0 amide bonds. The van der Waals surface area contributed by atoms with E-state index in [4.69, 9.17) is 5.73 Å². The van der Waals surface area contributed by atoms with E-state index in [2.05, 4.69) is 0 Å². The van der Waals surface area contributed by atoms with Crippen LogP contribution in [0.25, 0.3) is 0 Å². The van der Waals surface area contributed by atoms with Crippen molar-refractivity contribution < 1.29 is 8.78 Å². The summed E-state index contributed by atoms with van der Waals surface area (Å²) in [7, 11) is 0. The van der Waals surface area contributed by atoms with Crippen LogP contribution in [0.1, 0.15) is 18.9 Å². The largest absolute Gasteiger partial charge is 0.328 e. The molecule has 0 fully saturated rings. The Kier molecular flexibility index (Phi) is 3.58. The highest BCUT2D eigenvalue weighted by Gasteiger charge is 2.20. The van der Waals surface area contributed by atoms with Gasteiger partial charge in [0, 0.05) is 6.54 Å². The zero-order chi connectivity index (χ0) is 10.6. The highest BCUT2D eigenvalue weighted by atomic mass is 19.1. The van der Waals surface area contributed by atoms with Crippen molar-refractivity contribution in [1.82, 2.24) is 0 Å². The predicted molar refractivity (Wildman–Crippen MR) is 53.3 cm³/mol. The molecule has 0 saturated carbocycles. The monoisotopic (exact) mass is 199 g/mol. The molecule has 1 nitrogen and oxygen atoms in total. The van der Waals surface area contributed by atoms with E-state index >= 15 is 0 Å². The summed E-state index contributed by atoms with van der Waals surface area (Å²) in [6, 6.07) is 6.10. The summed E-state index contributed by atoms with van der Waals surface area (Å²) in [5.74, 6) is -0.268. The lowest BCUT2D eigenvalue weighted by Gasteiger charge is -2.17. The van der Waals surface area contributed by atoms with Gasteiger partial charge in [-0.3, -0.25) is 0 Å². The fourth-order valence-corrected chi connectivity index (χ4v) is 1.16. The highest BCUT2D eigenvalue weighted by Crippen LogP contribution is 2.17. The maximum Gasteiger partial charge on any atom is 0.123 e. The van der Waals surface area contributed by atoms with Crippen LogP contribution in [-0.2, 0) is 6.42 Å². The molecule has 1 aromatic carbocycles. The molecule has 78 valence electrons. The Morgan fingerprint density at radius 3 is 2.36 bits per heavy atom. The van der Waals surface area contributed by atoms with Crippen molar-refractivity contribution in [3.63, 3.8) is 0 Å². The number of rotatable bonds is 4. The number of hydrogen-bond donors (Lipinski definition) is 1. The molecule has 0 heterocycles. The van der Waals surface area contributed by atoms with Gasteiger partial charge in [-0.15, -0.1) is 0 Å². The Labute approximate surface area is 82.9 Å². The Morgan fingerprint density at radius 2 is 1.86 bits per heavy atom. The summed E-state index contributed by atoms with van der Waals surface area (Å²) in [4.78, 5) is 0. The normalized spacial score (nSPS) is 15.1. The van der Waals surface area contributed by atoms with E-state index < -0.39 is 5.67 Å². The average molecular weight is 199 g/mol. The number of nitrogens with two attached hydrogens (primary N) is 1. The van der Waals surface area contributed by atoms with E-state index in [1.807, 2.05) is 0 Å². The van der Waals surface area contributed by atoms with Gasteiger partial charge in [0.05, 0.1) is 0 Å². The zero-order valence-electron chi connectivity index (χ0n) is 8.26. The van der Waals surface area contributed by atoms with Gasteiger partial charge in [-0.25, -0.2) is 8.78 Å². The molecule has 0 aliphatic rings. The van der Waals surface area contributed by atoms with Crippen molar-refractivity contribution in [3.05, 3.63) is 35.6 Å². The second kappa shape index (κ2) is 4.51. The van der Waals surface area contributed by atoms with Gasteiger partial charge in [-0.2, -0.15) is 0 Å². The molecule has 0 aromatic heterocycles. The molecule has 0 bridgehead atoms. The molecular formula is C11H15F2N. The van der Waals surface area contributed by atoms with Crippen molar-refractivity contribution in [1.29, 1.82) is 0 Å². The number of aryl methyl sites for hydroxylation is 1. The zero-order valence-corrected chi connectivity index (χ0v) is 8.26. The van der Waals surface area contributed by atoms with Gasteiger partial charge in [-0.05, 0) is 37.5 Å². The van der Waals surface area contributed by atoms with Gasteiger partial charge >= 0.3 is 0 Å². The van der Waals surface area contributed by atoms with E-state index in [9.17, 15) is 8.78 Å². The fraction of sp³-hybridized carbons (Fsp3) is 0.455. The molecule has 0 aliphatic heterocycles. The first-order valence-corrected chi connectivity index (χ1v) is 4.67. The molecular weight excluding hydrogens is 184 g/mol. The van der Waals surface area contributed by atoms with Gasteiger partial charge in [0.2, 0.25) is 0 Å². The Bertz CT molecular complexity index is 280. The topological polar surface area (TPSA) is 26.0 Å². The van der Waals surface area contributed by atoms with Crippen LogP contribution in [-0.4, -0.2) is 12.2 Å². The second-order valence-electron chi connectivity index (χ2n) is 3.74. The summed E-state index contributed by atoms with van der Waals surface area (Å²) < 4.78 is 25.9. The molecule has 0 saturated heterocycles. The minimum absolute atomic E-state index is 0.0220. The molecule has 2 N–H and O–H groups in total. The number of benzene rings is 1. The molecule has 0 spiro atoms. The van der Waals surface area contributed by atoms with Crippen molar-refractivity contribution in [3.8, 4) is 0 Å². The van der Waals surface area contributed by atoms with Crippen LogP contribution in [0.2, 0.25) is 0 Å². The summed E-state index contributed by atoms with van der Waals surface area (Å²) >= 11 is 0. The first-order chi connectivity index (χ1) is 6.53. The summed E-state index contributed by atoms with van der Waals surface area (Å²) in [6.07, 6.45) is 0.958. The fourth-order valence-electron chi connectivity index (χ4n) is 1.16. The average Bonchev–Trinajstić information content (AvgIpc) is 2.17. The third kappa shape index (κ3) is 3.42. The van der Waals surface area contributed by atoms with E-state index in [-0.39, 0.29) is 12.4 Å². The lowest BCUT2D eigenvalue weighted by molar-refractivity contribution is 0.186. The molecule has 1 atom stereocenters. The highest BCUT2D eigenvalue weighted by molar-refractivity contribution is 5.16. The van der Waals surface area contributed by atoms with Gasteiger partial charge in [-0.1, -0.05) is 12.1 Å². The van der Waals surface area contributed by atoms with Crippen molar-refractivity contribution in [2.24, 2.45) is 5.73 Å². The van der Waals surface area contributed by atoms with E-state index in [0.717, 1.165) is 5.56 Å². The molecule has 14 heavy (non-hydrogen) atoms. The Balaban J connectivity index is 2.50. The number of halogens is 2. The number of alkyl halides is 1. The SMILES string of the molecule is CC(F)(CN)CCc1ccc(F)cc1. The van der Waals surface area contributed by atoms with Crippen LogP contribution in [0.5, 0.6) is 0 Å². The lowest BCUT2D eigenvalue weighted by atomic mass is 9.99. The first kappa shape index (κ1) is 11.1. The molecule has 3 heteroatoms. The molecule has 1 aromatic rings. The maximum absolute atomic E-state index is 13.4. The summed E-state index contributed by atoms with van der Waals surface area (Å²) in [6.45, 7) is 1.50. The minimum atomic E-state index is -1.33. The first-order valence-electron chi connectivity index (χ1n) is 4.67. The van der Waals surface area contributed by atoms with E-state index in [1.165, 1.54) is 19.1 Å². The maximum atomic E-state index is 13.4. The molecule has 0 aliphatic carbocycles. The van der Waals surface area contributed by atoms with Crippen LogP contribution in [0.15, 0.2) is 24.3 Å². The smallest absolute Gasteiger partial charge is 0.123 e. The third-order valence-corrected chi connectivity index (χ3v) is 2.27. The molecule has 1 unspecified atom stereocenters. The van der Waals surface area contributed by atoms with Gasteiger partial charge in [0.25, 0.3) is 0 Å². The third-order valence-electron chi connectivity index (χ3n) is 2.27. The van der Waals surface area contributed by atoms with Gasteiger partial charge in [0.1, 0.15) is 11.5 Å².